The number of hydrogen-bond donors (Lipinski definition) is 4. The Balaban J connectivity index is 1.51. The molecule has 0 aromatic heterocycles. The lowest BCUT2D eigenvalue weighted by Gasteiger charge is -2.15. The van der Waals surface area contributed by atoms with Crippen LogP contribution >= 0.6 is 0 Å². The molecule has 210 valence electrons. The van der Waals surface area contributed by atoms with Crippen LogP contribution in [0.4, 0.5) is 5.69 Å². The van der Waals surface area contributed by atoms with Crippen LogP contribution in [0.15, 0.2) is 60.7 Å². The van der Waals surface area contributed by atoms with Crippen LogP contribution in [0, 0.1) is 0 Å². The molecule has 0 aliphatic carbocycles. The number of hydrogen-bond acceptors (Lipinski definition) is 9. The fourth-order valence-corrected chi connectivity index (χ4v) is 4.30. The number of carbonyl (C=O) groups is 1. The summed E-state index contributed by atoms with van der Waals surface area (Å²) in [6.07, 6.45) is 0.0648. The third-order valence-electron chi connectivity index (χ3n) is 5.55. The number of ether oxygens (including phenoxy) is 3. The number of anilines is 1. The number of esters is 1. The smallest absolute Gasteiger partial charge is 0.341 e. The van der Waals surface area contributed by atoms with E-state index < -0.39 is 22.1 Å². The summed E-state index contributed by atoms with van der Waals surface area (Å²) in [5.41, 5.74) is 2.66. The zero-order valence-corrected chi connectivity index (χ0v) is 23.0. The minimum Gasteiger partial charge on any atom is -0.506 e. The number of sulfonamides is 1. The zero-order valence-electron chi connectivity index (χ0n) is 22.1. The van der Waals surface area contributed by atoms with Crippen LogP contribution in [0.2, 0.25) is 0 Å². The summed E-state index contributed by atoms with van der Waals surface area (Å²) >= 11 is 0. The highest BCUT2D eigenvalue weighted by Crippen LogP contribution is 2.30. The van der Waals surface area contributed by atoms with Crippen LogP contribution in [0.5, 0.6) is 17.2 Å². The normalized spacial score (nSPS) is 12.0. The van der Waals surface area contributed by atoms with Gasteiger partial charge in [0.1, 0.15) is 29.4 Å². The maximum atomic E-state index is 12.2. The van der Waals surface area contributed by atoms with Crippen LogP contribution < -0.4 is 19.5 Å². The number of phenols is 1. The lowest BCUT2D eigenvalue weighted by atomic mass is 10.0. The van der Waals surface area contributed by atoms with Gasteiger partial charge in [0.25, 0.3) is 0 Å². The molecule has 3 aromatic rings. The highest BCUT2D eigenvalue weighted by Gasteiger charge is 2.15. The van der Waals surface area contributed by atoms with Crippen LogP contribution in [-0.4, -0.2) is 63.8 Å². The van der Waals surface area contributed by atoms with Gasteiger partial charge in [-0.2, -0.15) is 0 Å². The molecule has 0 heterocycles. The first-order valence-corrected chi connectivity index (χ1v) is 14.4. The first-order chi connectivity index (χ1) is 18.6. The average Bonchev–Trinajstić information content (AvgIpc) is 2.89. The van der Waals surface area contributed by atoms with Gasteiger partial charge in [-0.05, 0) is 66.9 Å². The fraction of sp³-hybridized carbons (Fsp3) is 0.321. The number of nitrogens with one attached hydrogen (secondary N) is 2. The van der Waals surface area contributed by atoms with Crippen molar-refractivity contribution in [2.24, 2.45) is 0 Å². The van der Waals surface area contributed by atoms with Gasteiger partial charge in [-0.1, -0.05) is 24.3 Å². The number of aliphatic hydroxyl groups is 1. The lowest BCUT2D eigenvalue weighted by molar-refractivity contribution is 0.0522. The molecule has 0 spiro atoms. The predicted octanol–water partition coefficient (Wildman–Crippen LogP) is 3.71. The molecular weight excluding hydrogens is 524 g/mol. The van der Waals surface area contributed by atoms with Gasteiger partial charge in [0.15, 0.2) is 0 Å². The molecule has 0 aliphatic heterocycles. The molecule has 0 saturated heterocycles. The summed E-state index contributed by atoms with van der Waals surface area (Å²) in [5.74, 6) is 0.489. The van der Waals surface area contributed by atoms with Crippen molar-refractivity contribution in [2.75, 3.05) is 43.9 Å². The minimum absolute atomic E-state index is 0.00452. The van der Waals surface area contributed by atoms with Gasteiger partial charge in [0.2, 0.25) is 10.0 Å². The first kappa shape index (κ1) is 29.8. The number of aromatic hydroxyl groups is 1. The van der Waals surface area contributed by atoms with Crippen LogP contribution in [-0.2, 0) is 14.8 Å². The van der Waals surface area contributed by atoms with E-state index in [1.165, 1.54) is 18.2 Å². The van der Waals surface area contributed by atoms with Gasteiger partial charge in [0.05, 0.1) is 31.3 Å². The summed E-state index contributed by atoms with van der Waals surface area (Å²) < 4.78 is 41.6. The maximum Gasteiger partial charge on any atom is 0.341 e. The molecular formula is C28H34N2O8S. The van der Waals surface area contributed by atoms with Gasteiger partial charge >= 0.3 is 5.97 Å². The zero-order chi connectivity index (χ0) is 28.4. The van der Waals surface area contributed by atoms with E-state index in [2.05, 4.69) is 10.0 Å². The van der Waals surface area contributed by atoms with Crippen molar-refractivity contribution in [3.8, 4) is 28.4 Å². The van der Waals surface area contributed by atoms with Crippen LogP contribution in [0.3, 0.4) is 0 Å². The number of rotatable bonds is 14. The van der Waals surface area contributed by atoms with Gasteiger partial charge < -0.3 is 29.7 Å². The summed E-state index contributed by atoms with van der Waals surface area (Å²) in [6.45, 7) is 5.33. The Kier molecular flexibility index (Phi) is 10.6. The molecule has 0 fully saturated rings. The molecule has 11 heteroatoms. The highest BCUT2D eigenvalue weighted by molar-refractivity contribution is 7.92. The first-order valence-electron chi connectivity index (χ1n) is 12.5. The Labute approximate surface area is 228 Å². The molecule has 3 aromatic carbocycles. The molecule has 4 N–H and O–H groups in total. The third-order valence-corrected chi connectivity index (χ3v) is 6.14. The van der Waals surface area contributed by atoms with Gasteiger partial charge in [-0.15, -0.1) is 0 Å². The second-order valence-electron chi connectivity index (χ2n) is 8.61. The second kappa shape index (κ2) is 13.8. The van der Waals surface area contributed by atoms with E-state index in [1.807, 2.05) is 43.3 Å². The van der Waals surface area contributed by atoms with E-state index in [0.717, 1.165) is 17.4 Å². The third kappa shape index (κ3) is 8.88. The molecule has 0 amide bonds. The molecule has 0 radical (unpaired) electrons. The standard InChI is InChI=1S/C28H34N2O8S/c1-4-36-27-17-20(8-12-23(27)28(33)37-5-2)19-6-10-22(11-7-19)38-15-14-29-18-26(32)21-9-13-25(31)24(16-21)30-39(3,34)35/h6-13,16-17,26,29-32H,4-5,14-15,18H2,1-3H3/t26-/m1/s1. The Morgan fingerprint density at radius 3 is 2.33 bits per heavy atom. The van der Waals surface area contributed by atoms with Crippen molar-refractivity contribution in [1.82, 2.24) is 5.32 Å². The average molecular weight is 559 g/mol. The van der Waals surface area contributed by atoms with E-state index >= 15 is 0 Å². The Morgan fingerprint density at radius 2 is 1.67 bits per heavy atom. The largest absolute Gasteiger partial charge is 0.506 e. The van der Waals surface area contributed by atoms with Crippen molar-refractivity contribution in [1.29, 1.82) is 0 Å². The molecule has 3 rings (SSSR count). The topological polar surface area (TPSA) is 143 Å². The van der Waals surface area contributed by atoms with Crippen LogP contribution in [0.25, 0.3) is 11.1 Å². The molecule has 39 heavy (non-hydrogen) atoms. The Bertz CT molecular complexity index is 1360. The molecule has 0 aliphatic rings. The highest BCUT2D eigenvalue weighted by atomic mass is 32.2. The van der Waals surface area contributed by atoms with E-state index in [-0.39, 0.29) is 24.6 Å². The van der Waals surface area contributed by atoms with Crippen molar-refractivity contribution >= 4 is 21.7 Å². The quantitative estimate of drug-likeness (QED) is 0.132. The minimum atomic E-state index is -3.57. The number of carbonyl (C=O) groups excluding carboxylic acids is 1. The van der Waals surface area contributed by atoms with E-state index in [1.54, 1.807) is 13.0 Å². The number of phenolic OH excluding ortho intramolecular Hbond substituents is 1. The SMILES string of the molecule is CCOC(=O)c1ccc(-c2ccc(OCCNC[C@@H](O)c3ccc(O)c(NS(C)(=O)=O)c3)cc2)cc1OCC. The van der Waals surface area contributed by atoms with Crippen molar-refractivity contribution < 1.29 is 37.6 Å². The second-order valence-corrected chi connectivity index (χ2v) is 10.4. The van der Waals surface area contributed by atoms with Gasteiger partial charge in [-0.25, -0.2) is 13.2 Å². The summed E-state index contributed by atoms with van der Waals surface area (Å²) in [4.78, 5) is 12.2. The van der Waals surface area contributed by atoms with Crippen molar-refractivity contribution in [2.45, 2.75) is 20.0 Å². The van der Waals surface area contributed by atoms with Crippen molar-refractivity contribution in [3.63, 3.8) is 0 Å². The Morgan fingerprint density at radius 1 is 0.949 bits per heavy atom. The number of benzene rings is 3. The molecule has 1 atom stereocenters. The molecule has 10 nitrogen and oxygen atoms in total. The summed E-state index contributed by atoms with van der Waals surface area (Å²) in [7, 11) is -3.57. The van der Waals surface area contributed by atoms with E-state index in [4.69, 9.17) is 14.2 Å². The molecule has 0 unspecified atom stereocenters. The molecule has 0 saturated carbocycles. The lowest BCUT2D eigenvalue weighted by Crippen LogP contribution is -2.26. The Hall–Kier alpha value is -3.80. The number of aliphatic hydroxyl groups excluding tert-OH is 1. The summed E-state index contributed by atoms with van der Waals surface area (Å²) in [5, 5.41) is 23.3. The fourth-order valence-electron chi connectivity index (χ4n) is 3.74. The van der Waals surface area contributed by atoms with Gasteiger partial charge in [-0.3, -0.25) is 4.72 Å². The van der Waals surface area contributed by atoms with Crippen molar-refractivity contribution in [3.05, 3.63) is 71.8 Å². The predicted molar refractivity (Wildman–Crippen MR) is 149 cm³/mol. The van der Waals surface area contributed by atoms with Gasteiger partial charge in [0, 0.05) is 13.1 Å². The maximum absolute atomic E-state index is 12.2. The van der Waals surface area contributed by atoms with E-state index in [9.17, 15) is 23.4 Å². The monoisotopic (exact) mass is 558 g/mol. The molecule has 0 bridgehead atoms. The van der Waals surface area contributed by atoms with E-state index in [0.29, 0.717) is 42.4 Å². The van der Waals surface area contributed by atoms with Crippen LogP contribution in [0.1, 0.15) is 35.9 Å². The summed E-state index contributed by atoms with van der Waals surface area (Å²) in [6, 6.07) is 17.1.